The number of anilines is 1. The number of esters is 1. The highest BCUT2D eigenvalue weighted by molar-refractivity contribution is 6.08. The minimum Gasteiger partial charge on any atom is -0.466 e. The molecule has 3 rings (SSSR count). The van der Waals surface area contributed by atoms with Crippen LogP contribution in [0.4, 0.5) is 5.69 Å². The molecule has 24 heavy (non-hydrogen) atoms. The minimum absolute atomic E-state index is 0.0951. The maximum Gasteiger partial charge on any atom is 0.337 e. The van der Waals surface area contributed by atoms with Crippen molar-refractivity contribution in [3.05, 3.63) is 40.6 Å². The lowest BCUT2D eigenvalue weighted by molar-refractivity contribution is -0.136. The maximum absolute atomic E-state index is 12.4. The molecule has 1 amide bonds. The summed E-state index contributed by atoms with van der Waals surface area (Å²) in [6, 6.07) is 5.46. The highest BCUT2D eigenvalue weighted by Crippen LogP contribution is 2.27. The molecule has 0 spiro atoms. The van der Waals surface area contributed by atoms with E-state index in [1.54, 1.807) is 6.07 Å². The zero-order chi connectivity index (χ0) is 17.3. The largest absolute Gasteiger partial charge is 0.466 e. The molecule has 0 radical (unpaired) electrons. The van der Waals surface area contributed by atoms with E-state index in [4.69, 9.17) is 9.84 Å². The van der Waals surface area contributed by atoms with Crippen molar-refractivity contribution in [1.29, 1.82) is 0 Å². The number of aliphatic hydroxyl groups excluding tert-OH is 1. The second-order valence-corrected chi connectivity index (χ2v) is 5.80. The predicted molar refractivity (Wildman–Crippen MR) is 85.2 cm³/mol. The Bertz CT molecular complexity index is 753. The van der Waals surface area contributed by atoms with Crippen LogP contribution in [-0.2, 0) is 32.0 Å². The molecule has 126 valence electrons. The van der Waals surface area contributed by atoms with E-state index < -0.39 is 5.97 Å². The lowest BCUT2D eigenvalue weighted by Gasteiger charge is -2.15. The molecule has 2 N–H and O–H groups in total. The van der Waals surface area contributed by atoms with Crippen LogP contribution in [0.25, 0.3) is 0 Å². The summed E-state index contributed by atoms with van der Waals surface area (Å²) in [6.45, 7) is 0.0510. The summed E-state index contributed by atoms with van der Waals surface area (Å²) in [7, 11) is 1.26. The molecule has 0 aromatic heterocycles. The van der Waals surface area contributed by atoms with Crippen molar-refractivity contribution in [1.82, 2.24) is 4.90 Å². The van der Waals surface area contributed by atoms with Crippen molar-refractivity contribution in [2.45, 2.75) is 12.8 Å². The van der Waals surface area contributed by atoms with Gasteiger partial charge < -0.3 is 20.1 Å². The van der Waals surface area contributed by atoms with Crippen molar-refractivity contribution < 1.29 is 24.2 Å². The Morgan fingerprint density at radius 1 is 1.29 bits per heavy atom. The lowest BCUT2D eigenvalue weighted by atomic mass is 10.1. The number of methoxy groups -OCH3 is 1. The van der Waals surface area contributed by atoms with Crippen LogP contribution < -0.4 is 5.32 Å². The number of nitrogens with zero attached hydrogens (tertiary/aromatic N) is 1. The fraction of sp³-hybridized carbons (Fsp3) is 0.353. The van der Waals surface area contributed by atoms with Crippen molar-refractivity contribution in [2.24, 2.45) is 0 Å². The summed E-state index contributed by atoms with van der Waals surface area (Å²) in [4.78, 5) is 37.3. The van der Waals surface area contributed by atoms with Gasteiger partial charge in [0.15, 0.2) is 0 Å². The fourth-order valence-electron chi connectivity index (χ4n) is 3.02. The normalized spacial score (nSPS) is 16.7. The molecule has 1 aliphatic carbocycles. The van der Waals surface area contributed by atoms with Crippen LogP contribution in [0.2, 0.25) is 0 Å². The van der Waals surface area contributed by atoms with Crippen molar-refractivity contribution >= 4 is 23.3 Å². The highest BCUT2D eigenvalue weighted by atomic mass is 16.5. The van der Waals surface area contributed by atoms with E-state index >= 15 is 0 Å². The molecule has 7 heteroatoms. The highest BCUT2D eigenvalue weighted by Gasteiger charge is 2.34. The Morgan fingerprint density at radius 2 is 2.04 bits per heavy atom. The third-order valence-electron chi connectivity index (χ3n) is 4.20. The van der Waals surface area contributed by atoms with Gasteiger partial charge in [-0.3, -0.25) is 9.59 Å². The van der Waals surface area contributed by atoms with E-state index in [2.05, 4.69) is 5.32 Å². The molecule has 1 aromatic rings. The summed E-state index contributed by atoms with van der Waals surface area (Å²) < 4.78 is 4.74. The van der Waals surface area contributed by atoms with Crippen molar-refractivity contribution in [3.8, 4) is 0 Å². The Morgan fingerprint density at radius 3 is 2.75 bits per heavy atom. The number of aliphatic hydroxyl groups is 1. The van der Waals surface area contributed by atoms with Gasteiger partial charge in [0.25, 0.3) is 5.91 Å². The fourth-order valence-corrected chi connectivity index (χ4v) is 3.02. The number of ketones is 1. The minimum atomic E-state index is -0.581. The standard InChI is InChI=1S/C17H18N2O5/c1-24-17(23)14-9-19(4-5-20)16(22)15(14)18-12-3-2-10-7-13(21)8-11(10)6-12/h2-3,6,18,20H,4-5,7-9H2,1H3. The quantitative estimate of drug-likeness (QED) is 0.740. The smallest absolute Gasteiger partial charge is 0.337 e. The molecule has 1 heterocycles. The zero-order valence-electron chi connectivity index (χ0n) is 13.3. The molecule has 7 nitrogen and oxygen atoms in total. The van der Waals surface area contributed by atoms with E-state index in [0.29, 0.717) is 18.5 Å². The van der Waals surface area contributed by atoms with Gasteiger partial charge in [-0.2, -0.15) is 0 Å². The average molecular weight is 330 g/mol. The Hall–Kier alpha value is -2.67. The summed E-state index contributed by atoms with van der Waals surface area (Å²) in [5, 5.41) is 12.0. The van der Waals surface area contributed by atoms with Crippen LogP contribution in [0.5, 0.6) is 0 Å². The van der Waals surface area contributed by atoms with Crippen LogP contribution in [-0.4, -0.2) is 54.5 Å². The van der Waals surface area contributed by atoms with E-state index in [1.807, 2.05) is 12.1 Å². The van der Waals surface area contributed by atoms with Gasteiger partial charge in [-0.05, 0) is 23.3 Å². The Kier molecular flexibility index (Phi) is 4.35. The second-order valence-electron chi connectivity index (χ2n) is 5.80. The first-order valence-corrected chi connectivity index (χ1v) is 7.65. The SMILES string of the molecule is COC(=O)C1=C(Nc2ccc3c(c2)CC(=O)C3)C(=O)N(CCO)C1. The number of rotatable bonds is 5. The summed E-state index contributed by atoms with van der Waals surface area (Å²) in [6.07, 6.45) is 0.827. The Labute approximate surface area is 138 Å². The topological polar surface area (TPSA) is 95.9 Å². The summed E-state index contributed by atoms with van der Waals surface area (Å²) in [5.41, 5.74) is 2.95. The van der Waals surface area contributed by atoms with Gasteiger partial charge in [-0.25, -0.2) is 4.79 Å². The van der Waals surface area contributed by atoms with Crippen LogP contribution in [0.15, 0.2) is 29.5 Å². The molecule has 0 saturated carbocycles. The van der Waals surface area contributed by atoms with Crippen LogP contribution in [0, 0.1) is 0 Å². The maximum atomic E-state index is 12.4. The van der Waals surface area contributed by atoms with Crippen LogP contribution >= 0.6 is 0 Å². The Balaban J connectivity index is 1.88. The molecule has 2 aliphatic rings. The van der Waals surface area contributed by atoms with Gasteiger partial charge in [0.1, 0.15) is 11.5 Å². The molecule has 0 atom stereocenters. The molecular weight excluding hydrogens is 312 g/mol. The first kappa shape index (κ1) is 16.2. The van der Waals surface area contributed by atoms with E-state index in [9.17, 15) is 14.4 Å². The molecule has 0 fully saturated rings. The van der Waals surface area contributed by atoms with Crippen LogP contribution in [0.3, 0.4) is 0 Å². The number of hydrogen-bond acceptors (Lipinski definition) is 6. The number of ether oxygens (including phenoxy) is 1. The lowest BCUT2D eigenvalue weighted by Crippen LogP contribution is -2.31. The van der Waals surface area contributed by atoms with Gasteiger partial charge in [0.05, 0.1) is 25.8 Å². The number of benzene rings is 1. The van der Waals surface area contributed by atoms with Crippen LogP contribution in [0.1, 0.15) is 11.1 Å². The third kappa shape index (κ3) is 2.90. The number of β-amino-alcohol motifs (C(OH)–C–C–N with tert-alkyl or cyclic N) is 1. The van der Waals surface area contributed by atoms with Gasteiger partial charge in [-0.15, -0.1) is 0 Å². The first-order valence-electron chi connectivity index (χ1n) is 7.65. The number of amides is 1. The monoisotopic (exact) mass is 330 g/mol. The van der Waals surface area contributed by atoms with Crippen molar-refractivity contribution in [3.63, 3.8) is 0 Å². The predicted octanol–water partition coefficient (Wildman–Crippen LogP) is 0.0278. The molecule has 0 bridgehead atoms. The van der Waals surface area contributed by atoms with E-state index in [1.165, 1.54) is 12.0 Å². The molecule has 0 unspecified atom stereocenters. The van der Waals surface area contributed by atoms with Gasteiger partial charge in [0.2, 0.25) is 0 Å². The van der Waals surface area contributed by atoms with Crippen molar-refractivity contribution in [2.75, 3.05) is 32.1 Å². The van der Waals surface area contributed by atoms with Gasteiger partial charge >= 0.3 is 5.97 Å². The second kappa shape index (κ2) is 6.45. The molecule has 0 saturated heterocycles. The van der Waals surface area contributed by atoms with Gasteiger partial charge in [0, 0.05) is 25.1 Å². The third-order valence-corrected chi connectivity index (χ3v) is 4.20. The summed E-state index contributed by atoms with van der Waals surface area (Å²) in [5.74, 6) is -0.772. The number of carbonyl (C=O) groups is 3. The zero-order valence-corrected chi connectivity index (χ0v) is 13.3. The van der Waals surface area contributed by atoms with Gasteiger partial charge in [-0.1, -0.05) is 6.07 Å². The number of Topliss-reactive ketones (excluding diaryl/α,β-unsaturated/α-hetero) is 1. The molecule has 1 aliphatic heterocycles. The number of nitrogens with one attached hydrogen (secondary N) is 1. The molecule has 1 aromatic carbocycles. The number of hydrogen-bond donors (Lipinski definition) is 2. The number of carbonyl (C=O) groups excluding carboxylic acids is 3. The first-order chi connectivity index (χ1) is 11.5. The van der Waals surface area contributed by atoms with E-state index in [-0.39, 0.29) is 42.7 Å². The van der Waals surface area contributed by atoms with E-state index in [0.717, 1.165) is 11.1 Å². The number of fused-ring (bicyclic) bond motifs is 1. The summed E-state index contributed by atoms with van der Waals surface area (Å²) >= 11 is 0. The molecular formula is C17H18N2O5. The average Bonchev–Trinajstić information content (AvgIpc) is 3.08.